The summed E-state index contributed by atoms with van der Waals surface area (Å²) in [5.41, 5.74) is 3.28. The Hall–Kier alpha value is -2.83. The lowest BCUT2D eigenvalue weighted by Gasteiger charge is -2.11. The standard InChI is InChI=1S/C21H19ClN2O3S/c1-14-3-10-19(11-4-14)28(26,27)24-18-8-5-16(6-9-18)21(25)23-20-12-7-17(22)13-15(20)2/h3-13,24H,1-2H3,(H,23,25). The number of amides is 1. The monoisotopic (exact) mass is 414 g/mol. The molecule has 28 heavy (non-hydrogen) atoms. The Balaban J connectivity index is 1.72. The van der Waals surface area contributed by atoms with E-state index in [9.17, 15) is 13.2 Å². The minimum atomic E-state index is -3.68. The van der Waals surface area contributed by atoms with Gasteiger partial charge in [-0.1, -0.05) is 29.3 Å². The smallest absolute Gasteiger partial charge is 0.261 e. The molecule has 3 rings (SSSR count). The molecule has 0 aliphatic heterocycles. The first-order chi connectivity index (χ1) is 13.2. The molecule has 0 heterocycles. The van der Waals surface area contributed by atoms with E-state index in [1.165, 1.54) is 0 Å². The van der Waals surface area contributed by atoms with Crippen LogP contribution in [0, 0.1) is 13.8 Å². The third-order valence-electron chi connectivity index (χ3n) is 4.17. The zero-order valence-corrected chi connectivity index (χ0v) is 16.9. The summed E-state index contributed by atoms with van der Waals surface area (Å²) in [7, 11) is -3.68. The highest BCUT2D eigenvalue weighted by atomic mass is 35.5. The van der Waals surface area contributed by atoms with Crippen LogP contribution in [-0.4, -0.2) is 14.3 Å². The van der Waals surface area contributed by atoms with Crippen LogP contribution in [0.3, 0.4) is 0 Å². The number of aryl methyl sites for hydroxylation is 2. The second-order valence-electron chi connectivity index (χ2n) is 6.41. The first-order valence-corrected chi connectivity index (χ1v) is 10.4. The van der Waals surface area contributed by atoms with Crippen molar-refractivity contribution >= 4 is 38.9 Å². The minimum absolute atomic E-state index is 0.179. The highest BCUT2D eigenvalue weighted by Crippen LogP contribution is 2.21. The normalized spacial score (nSPS) is 11.1. The molecule has 0 spiro atoms. The predicted octanol–water partition coefficient (Wildman–Crippen LogP) is 5.01. The number of carbonyl (C=O) groups excluding carboxylic acids is 1. The number of hydrogen-bond donors (Lipinski definition) is 2. The summed E-state index contributed by atoms with van der Waals surface area (Å²) >= 11 is 5.92. The van der Waals surface area contributed by atoms with Gasteiger partial charge in [-0.3, -0.25) is 9.52 Å². The van der Waals surface area contributed by atoms with Crippen LogP contribution in [0.15, 0.2) is 71.6 Å². The Labute approximate surface area is 169 Å². The molecule has 1 amide bonds. The molecular formula is C21H19ClN2O3S. The van der Waals surface area contributed by atoms with Gasteiger partial charge in [0.1, 0.15) is 0 Å². The minimum Gasteiger partial charge on any atom is -0.322 e. The van der Waals surface area contributed by atoms with Crippen LogP contribution in [0.4, 0.5) is 11.4 Å². The summed E-state index contributed by atoms with van der Waals surface area (Å²) in [6.45, 7) is 3.74. The third-order valence-corrected chi connectivity index (χ3v) is 5.80. The van der Waals surface area contributed by atoms with Gasteiger partial charge in [0.25, 0.3) is 15.9 Å². The van der Waals surface area contributed by atoms with E-state index in [0.717, 1.165) is 11.1 Å². The summed E-state index contributed by atoms with van der Waals surface area (Å²) in [5.74, 6) is -0.293. The van der Waals surface area contributed by atoms with E-state index in [4.69, 9.17) is 11.6 Å². The topological polar surface area (TPSA) is 75.3 Å². The lowest BCUT2D eigenvalue weighted by molar-refractivity contribution is 0.102. The number of carbonyl (C=O) groups is 1. The molecule has 2 N–H and O–H groups in total. The fraction of sp³-hybridized carbons (Fsp3) is 0.0952. The molecule has 0 saturated heterocycles. The summed E-state index contributed by atoms with van der Waals surface area (Å²) in [6.07, 6.45) is 0. The van der Waals surface area contributed by atoms with Crippen molar-refractivity contribution in [1.82, 2.24) is 0 Å². The van der Waals surface area contributed by atoms with E-state index < -0.39 is 10.0 Å². The Bertz CT molecular complexity index is 1110. The van der Waals surface area contributed by atoms with E-state index in [-0.39, 0.29) is 10.8 Å². The van der Waals surface area contributed by atoms with Gasteiger partial charge in [0.05, 0.1) is 4.90 Å². The summed E-state index contributed by atoms with van der Waals surface area (Å²) < 4.78 is 27.4. The number of nitrogens with one attached hydrogen (secondary N) is 2. The van der Waals surface area contributed by atoms with Crippen molar-refractivity contribution in [3.8, 4) is 0 Å². The number of hydrogen-bond acceptors (Lipinski definition) is 3. The van der Waals surface area contributed by atoms with Gasteiger partial charge in [0, 0.05) is 22.0 Å². The van der Waals surface area contributed by atoms with Crippen molar-refractivity contribution in [2.45, 2.75) is 18.7 Å². The van der Waals surface area contributed by atoms with Gasteiger partial charge in [0.2, 0.25) is 0 Å². The number of sulfonamides is 1. The van der Waals surface area contributed by atoms with Crippen LogP contribution in [0.5, 0.6) is 0 Å². The SMILES string of the molecule is Cc1ccc(S(=O)(=O)Nc2ccc(C(=O)Nc3ccc(Cl)cc3C)cc2)cc1. The molecular weight excluding hydrogens is 396 g/mol. The fourth-order valence-corrected chi connectivity index (χ4v) is 3.87. The van der Waals surface area contributed by atoms with E-state index >= 15 is 0 Å². The van der Waals surface area contributed by atoms with E-state index in [0.29, 0.717) is 22.0 Å². The second-order valence-corrected chi connectivity index (χ2v) is 8.53. The molecule has 3 aromatic carbocycles. The molecule has 7 heteroatoms. The van der Waals surface area contributed by atoms with Crippen molar-refractivity contribution < 1.29 is 13.2 Å². The van der Waals surface area contributed by atoms with Gasteiger partial charge in [-0.25, -0.2) is 8.42 Å². The van der Waals surface area contributed by atoms with Crippen molar-refractivity contribution in [3.63, 3.8) is 0 Å². The summed E-state index contributed by atoms with van der Waals surface area (Å²) in [5, 5.41) is 3.41. The average Bonchev–Trinajstić information content (AvgIpc) is 2.64. The largest absolute Gasteiger partial charge is 0.322 e. The molecule has 0 saturated carbocycles. The molecule has 0 aliphatic carbocycles. The predicted molar refractivity (Wildman–Crippen MR) is 113 cm³/mol. The van der Waals surface area contributed by atoms with Gasteiger partial charge in [-0.15, -0.1) is 0 Å². The van der Waals surface area contributed by atoms with E-state index in [1.807, 2.05) is 13.8 Å². The number of rotatable bonds is 5. The molecule has 5 nitrogen and oxygen atoms in total. The average molecular weight is 415 g/mol. The molecule has 3 aromatic rings. The van der Waals surface area contributed by atoms with Crippen molar-refractivity contribution in [2.75, 3.05) is 10.0 Å². The zero-order chi connectivity index (χ0) is 20.3. The number of anilines is 2. The third kappa shape index (κ3) is 4.71. The maximum atomic E-state index is 12.4. The van der Waals surface area contributed by atoms with Crippen LogP contribution in [-0.2, 0) is 10.0 Å². The van der Waals surface area contributed by atoms with Crippen LogP contribution in [0.1, 0.15) is 21.5 Å². The lowest BCUT2D eigenvalue weighted by Crippen LogP contribution is -2.14. The molecule has 0 bridgehead atoms. The Morgan fingerprint density at radius 1 is 0.893 bits per heavy atom. The number of halogens is 1. The molecule has 0 aliphatic rings. The molecule has 0 unspecified atom stereocenters. The maximum Gasteiger partial charge on any atom is 0.261 e. The quantitative estimate of drug-likeness (QED) is 0.616. The van der Waals surface area contributed by atoms with Crippen molar-refractivity contribution in [3.05, 3.63) is 88.4 Å². The lowest BCUT2D eigenvalue weighted by atomic mass is 10.1. The van der Waals surface area contributed by atoms with E-state index in [1.54, 1.807) is 66.7 Å². The Kier molecular flexibility index (Phi) is 5.72. The van der Waals surface area contributed by atoms with Gasteiger partial charge < -0.3 is 5.32 Å². The van der Waals surface area contributed by atoms with Crippen molar-refractivity contribution in [2.24, 2.45) is 0 Å². The summed E-state index contributed by atoms with van der Waals surface area (Å²) in [4.78, 5) is 12.6. The van der Waals surface area contributed by atoms with Gasteiger partial charge in [0.15, 0.2) is 0 Å². The highest BCUT2D eigenvalue weighted by molar-refractivity contribution is 7.92. The zero-order valence-electron chi connectivity index (χ0n) is 15.4. The van der Waals surface area contributed by atoms with E-state index in [2.05, 4.69) is 10.0 Å². The fourth-order valence-electron chi connectivity index (χ4n) is 2.58. The van der Waals surface area contributed by atoms with Crippen LogP contribution in [0.25, 0.3) is 0 Å². The van der Waals surface area contributed by atoms with Crippen molar-refractivity contribution in [1.29, 1.82) is 0 Å². The summed E-state index contributed by atoms with van der Waals surface area (Å²) in [6, 6.07) is 18.0. The molecule has 144 valence electrons. The van der Waals surface area contributed by atoms with Gasteiger partial charge in [-0.2, -0.15) is 0 Å². The molecule has 0 aromatic heterocycles. The Morgan fingerprint density at radius 2 is 1.54 bits per heavy atom. The molecule has 0 atom stereocenters. The number of benzene rings is 3. The van der Waals surface area contributed by atoms with Gasteiger partial charge >= 0.3 is 0 Å². The van der Waals surface area contributed by atoms with Crippen LogP contribution in [0.2, 0.25) is 5.02 Å². The first kappa shape index (κ1) is 19.9. The second kappa shape index (κ2) is 8.04. The first-order valence-electron chi connectivity index (χ1n) is 8.52. The highest BCUT2D eigenvalue weighted by Gasteiger charge is 2.14. The maximum absolute atomic E-state index is 12.4. The van der Waals surface area contributed by atoms with Crippen LogP contribution < -0.4 is 10.0 Å². The van der Waals surface area contributed by atoms with Crippen LogP contribution >= 0.6 is 11.6 Å². The molecule has 0 radical (unpaired) electrons. The van der Waals surface area contributed by atoms with Gasteiger partial charge in [-0.05, 0) is 74.0 Å². The Morgan fingerprint density at radius 3 is 2.14 bits per heavy atom. The molecule has 0 fully saturated rings.